The fraction of sp³-hybridized carbons (Fsp3) is 0.353. The van der Waals surface area contributed by atoms with Crippen LogP contribution in [0, 0.1) is 11.3 Å². The fourth-order valence-electron chi connectivity index (χ4n) is 5.79. The molecule has 2 aliphatic rings. The van der Waals surface area contributed by atoms with Gasteiger partial charge in [-0.15, -0.1) is 0 Å². The van der Waals surface area contributed by atoms with Gasteiger partial charge in [-0.05, 0) is 51.7 Å². The summed E-state index contributed by atoms with van der Waals surface area (Å²) in [6, 6.07) is 12.4. The lowest BCUT2D eigenvalue weighted by Gasteiger charge is -2.37. The number of nitriles is 1. The van der Waals surface area contributed by atoms with Crippen LogP contribution in [0.1, 0.15) is 55.7 Å². The number of piperidine rings is 2. The van der Waals surface area contributed by atoms with Crippen molar-refractivity contribution in [3.8, 4) is 28.6 Å². The second-order valence-corrected chi connectivity index (χ2v) is 14.8. The van der Waals surface area contributed by atoms with Crippen molar-refractivity contribution in [3.63, 3.8) is 0 Å². The van der Waals surface area contributed by atoms with Crippen molar-refractivity contribution in [2.24, 2.45) is 17.2 Å². The van der Waals surface area contributed by atoms with Crippen LogP contribution >= 0.6 is 46.4 Å². The fourth-order valence-corrected chi connectivity index (χ4v) is 6.57. The van der Waals surface area contributed by atoms with Crippen molar-refractivity contribution in [2.45, 2.75) is 50.6 Å². The molecular formula is C34H38Cl4N12O. The Bertz CT molecular complexity index is 2000. The predicted molar refractivity (Wildman–Crippen MR) is 205 cm³/mol. The van der Waals surface area contributed by atoms with Crippen LogP contribution in [0.3, 0.4) is 0 Å². The summed E-state index contributed by atoms with van der Waals surface area (Å²) in [5.74, 6) is 0.521. The summed E-state index contributed by atoms with van der Waals surface area (Å²) >= 11 is 24.6. The lowest BCUT2D eigenvalue weighted by molar-refractivity contribution is 0.0995. The Morgan fingerprint density at radius 3 is 1.57 bits per heavy atom. The van der Waals surface area contributed by atoms with Gasteiger partial charge in [-0.1, -0.05) is 70.7 Å². The lowest BCUT2D eigenvalue weighted by atomic mass is 9.91. The highest BCUT2D eigenvalue weighted by atomic mass is 35.5. The van der Waals surface area contributed by atoms with Gasteiger partial charge in [0.05, 0.1) is 20.1 Å². The van der Waals surface area contributed by atoms with Crippen LogP contribution in [0.2, 0.25) is 20.1 Å². The van der Waals surface area contributed by atoms with E-state index in [9.17, 15) is 10.1 Å². The monoisotopic (exact) mass is 770 g/mol. The Labute approximate surface area is 316 Å². The molecule has 17 heteroatoms. The highest BCUT2D eigenvalue weighted by Crippen LogP contribution is 2.38. The standard InChI is InChI=1S/C17H20Cl2N6O.C17H18Cl2N6/c1-17(22)5-7-25(8-6-17)16-13(15(21)26)23-12(14(20)24-16)9-3-2-4-10(18)11(9)19;1-17(22)5-7-25(8-6-17)16-12(9-20)23-14(15(21)24-16)10-3-2-4-11(18)13(10)19/h2-4H,5-8,22H2,1H3,(H2,20,24)(H2,21,26);2-4H,5-8,22H2,1H3,(H2,21,24). The Morgan fingerprint density at radius 2 is 1.14 bits per heavy atom. The van der Waals surface area contributed by atoms with Crippen molar-refractivity contribution >= 4 is 75.6 Å². The molecule has 2 aromatic heterocycles. The number of hydrogen-bond acceptors (Lipinski definition) is 12. The van der Waals surface area contributed by atoms with Crippen LogP contribution in [0.4, 0.5) is 23.3 Å². The number of nitrogens with two attached hydrogens (primary N) is 5. The zero-order valence-corrected chi connectivity index (χ0v) is 31.1. The second kappa shape index (κ2) is 15.2. The molecule has 51 heavy (non-hydrogen) atoms. The van der Waals surface area contributed by atoms with Crippen LogP contribution in [0.25, 0.3) is 22.5 Å². The number of nitrogens with zero attached hydrogens (tertiary/aromatic N) is 7. The zero-order valence-electron chi connectivity index (χ0n) is 28.1. The van der Waals surface area contributed by atoms with E-state index in [-0.39, 0.29) is 44.8 Å². The summed E-state index contributed by atoms with van der Waals surface area (Å²) in [4.78, 5) is 33.6. The van der Waals surface area contributed by atoms with Crippen molar-refractivity contribution in [3.05, 3.63) is 67.9 Å². The molecular weight excluding hydrogens is 734 g/mol. The van der Waals surface area contributed by atoms with Gasteiger partial charge in [0.25, 0.3) is 5.91 Å². The number of carbonyl (C=O) groups is 1. The van der Waals surface area contributed by atoms with E-state index in [4.69, 9.17) is 75.1 Å². The molecule has 2 aliphatic heterocycles. The molecule has 0 aliphatic carbocycles. The number of hydrogen-bond donors (Lipinski definition) is 5. The predicted octanol–water partition coefficient (Wildman–Crippen LogP) is 5.67. The number of aromatic nitrogens is 4. The minimum absolute atomic E-state index is 0.0471. The third-order valence-corrected chi connectivity index (χ3v) is 10.6. The highest BCUT2D eigenvalue weighted by molar-refractivity contribution is 6.44. The van der Waals surface area contributed by atoms with E-state index in [1.165, 1.54) is 0 Å². The molecule has 0 spiro atoms. The van der Waals surface area contributed by atoms with Crippen molar-refractivity contribution < 1.29 is 4.79 Å². The van der Waals surface area contributed by atoms with Gasteiger partial charge in [-0.25, -0.2) is 19.9 Å². The van der Waals surface area contributed by atoms with Gasteiger partial charge >= 0.3 is 0 Å². The Kier molecular flexibility index (Phi) is 11.4. The average Bonchev–Trinajstić information content (AvgIpc) is 3.07. The number of rotatable bonds is 5. The van der Waals surface area contributed by atoms with Crippen LogP contribution in [0.5, 0.6) is 0 Å². The molecule has 2 saturated heterocycles. The quantitative estimate of drug-likeness (QED) is 0.165. The summed E-state index contributed by atoms with van der Waals surface area (Å²) in [5, 5.41) is 10.9. The molecule has 0 atom stereocenters. The molecule has 268 valence electrons. The maximum Gasteiger partial charge on any atom is 0.271 e. The summed E-state index contributed by atoms with van der Waals surface area (Å²) in [6.45, 7) is 6.71. The minimum Gasteiger partial charge on any atom is -0.382 e. The maximum absolute atomic E-state index is 12.0. The number of primary amides is 1. The number of halogens is 4. The normalized spacial score (nSPS) is 16.5. The van der Waals surface area contributed by atoms with Crippen LogP contribution in [-0.4, -0.2) is 63.1 Å². The number of nitrogen functional groups attached to an aromatic ring is 2. The Balaban J connectivity index is 0.000000198. The number of benzene rings is 2. The first-order valence-corrected chi connectivity index (χ1v) is 17.5. The van der Waals surface area contributed by atoms with Gasteiger partial charge in [-0.2, -0.15) is 5.26 Å². The van der Waals surface area contributed by atoms with E-state index < -0.39 is 5.91 Å². The van der Waals surface area contributed by atoms with E-state index in [2.05, 4.69) is 26.0 Å². The second-order valence-electron chi connectivity index (χ2n) is 13.2. The van der Waals surface area contributed by atoms with E-state index in [0.29, 0.717) is 69.7 Å². The highest BCUT2D eigenvalue weighted by Gasteiger charge is 2.31. The van der Waals surface area contributed by atoms with Crippen LogP contribution in [-0.2, 0) is 0 Å². The van der Waals surface area contributed by atoms with E-state index in [0.717, 1.165) is 25.7 Å². The first-order chi connectivity index (χ1) is 24.0. The van der Waals surface area contributed by atoms with E-state index in [1.807, 2.05) is 23.6 Å². The van der Waals surface area contributed by atoms with Crippen molar-refractivity contribution in [1.82, 2.24) is 19.9 Å². The Morgan fingerprint density at radius 1 is 0.725 bits per heavy atom. The Hall–Kier alpha value is -4.16. The summed E-state index contributed by atoms with van der Waals surface area (Å²) < 4.78 is 0. The molecule has 2 fully saturated rings. The van der Waals surface area contributed by atoms with Crippen molar-refractivity contribution in [1.29, 1.82) is 5.26 Å². The summed E-state index contributed by atoms with van der Waals surface area (Å²) in [7, 11) is 0. The molecule has 13 nitrogen and oxygen atoms in total. The molecule has 4 heterocycles. The third-order valence-electron chi connectivity index (χ3n) is 8.97. The van der Waals surface area contributed by atoms with E-state index in [1.54, 1.807) is 36.4 Å². The SMILES string of the molecule is CC1(N)CCN(c2nc(N)c(-c3cccc(Cl)c3Cl)nc2C#N)CC1.CC1(N)CCN(c2nc(N)c(-c3cccc(Cl)c3Cl)nc2C(N)=O)CC1. The number of anilines is 4. The molecule has 4 aromatic rings. The third kappa shape index (κ3) is 8.49. The zero-order chi connectivity index (χ0) is 37.2. The molecule has 2 aromatic carbocycles. The van der Waals surface area contributed by atoms with Crippen LogP contribution < -0.4 is 38.5 Å². The van der Waals surface area contributed by atoms with Crippen molar-refractivity contribution in [2.75, 3.05) is 47.4 Å². The molecule has 0 bridgehead atoms. The molecule has 10 N–H and O–H groups in total. The molecule has 0 radical (unpaired) electrons. The van der Waals surface area contributed by atoms with Gasteiger partial charge in [0.1, 0.15) is 17.5 Å². The molecule has 1 amide bonds. The smallest absolute Gasteiger partial charge is 0.271 e. The van der Waals surface area contributed by atoms with Gasteiger partial charge in [0, 0.05) is 48.4 Å². The molecule has 6 rings (SSSR count). The summed E-state index contributed by atoms with van der Waals surface area (Å²) in [5.41, 5.74) is 31.6. The molecule has 0 saturated carbocycles. The summed E-state index contributed by atoms with van der Waals surface area (Å²) in [6.07, 6.45) is 3.13. The minimum atomic E-state index is -0.687. The van der Waals surface area contributed by atoms with Gasteiger partial charge in [0.2, 0.25) is 0 Å². The van der Waals surface area contributed by atoms with Gasteiger partial charge in [-0.3, -0.25) is 4.79 Å². The number of carbonyl (C=O) groups excluding carboxylic acids is 1. The number of amides is 1. The maximum atomic E-state index is 12.0. The topological polar surface area (TPSA) is 229 Å². The average molecular weight is 773 g/mol. The van der Waals surface area contributed by atoms with Gasteiger partial charge < -0.3 is 38.5 Å². The van der Waals surface area contributed by atoms with E-state index >= 15 is 0 Å². The molecule has 0 unspecified atom stereocenters. The largest absolute Gasteiger partial charge is 0.382 e. The van der Waals surface area contributed by atoms with Crippen LogP contribution in [0.15, 0.2) is 36.4 Å². The lowest BCUT2D eigenvalue weighted by Crippen LogP contribution is -2.49. The first-order valence-electron chi connectivity index (χ1n) is 16.0. The first kappa shape index (κ1) is 38.1. The van der Waals surface area contributed by atoms with Gasteiger partial charge in [0.15, 0.2) is 34.7 Å².